The number of benzene rings is 2. The second kappa shape index (κ2) is 12.7. The van der Waals surface area contributed by atoms with Gasteiger partial charge < -0.3 is 29.8 Å². The molecule has 0 fully saturated rings. The summed E-state index contributed by atoms with van der Waals surface area (Å²) in [5.74, 6) is -2.08. The number of allylic oxidation sites excluding steroid dienone is 1. The molecular weight excluding hydrogens is 518 g/mol. The number of Topliss-reactive ketones (excluding diaryl/α,β-unsaturated/α-hetero) is 1. The van der Waals surface area contributed by atoms with E-state index < -0.39 is 29.9 Å². The fraction of sp³-hybridized carbons (Fsp3) is 0.400. The Hall–Kier alpha value is -4.34. The van der Waals surface area contributed by atoms with Crippen LogP contribution in [0.5, 0.6) is 23.0 Å². The van der Waals surface area contributed by atoms with Crippen molar-refractivity contribution in [2.75, 3.05) is 13.7 Å². The van der Waals surface area contributed by atoms with E-state index in [0.717, 1.165) is 0 Å². The molecule has 10 nitrogen and oxygen atoms in total. The van der Waals surface area contributed by atoms with Gasteiger partial charge >= 0.3 is 11.9 Å². The van der Waals surface area contributed by atoms with E-state index in [4.69, 9.17) is 24.7 Å². The molecule has 212 valence electrons. The Labute approximate surface area is 232 Å². The molecule has 0 aliphatic carbocycles. The third-order valence-electron chi connectivity index (χ3n) is 6.94. The summed E-state index contributed by atoms with van der Waals surface area (Å²) >= 11 is 0. The lowest BCUT2D eigenvalue weighted by molar-refractivity contribution is -0.135. The number of esters is 2. The quantitative estimate of drug-likeness (QED) is 0.412. The average Bonchev–Trinajstić information content (AvgIpc) is 2.90. The van der Waals surface area contributed by atoms with Crippen LogP contribution in [0.3, 0.4) is 0 Å². The summed E-state index contributed by atoms with van der Waals surface area (Å²) < 4.78 is 22.0. The number of nitrogens with two attached hydrogens (primary N) is 1. The predicted octanol–water partition coefficient (Wildman–Crippen LogP) is 4.19. The molecule has 2 atom stereocenters. The second-order valence-corrected chi connectivity index (χ2v) is 9.94. The van der Waals surface area contributed by atoms with Gasteiger partial charge in [0.2, 0.25) is 0 Å². The zero-order chi connectivity index (χ0) is 28.8. The van der Waals surface area contributed by atoms with E-state index in [1.807, 2.05) is 6.08 Å². The Bertz CT molecular complexity index is 1350. The van der Waals surface area contributed by atoms with Gasteiger partial charge in [-0.2, -0.15) is 0 Å². The SMILES string of the molecule is COc1ccc(C2CC(=O)Oc3cc4c(c(O)c32)C(=O)O[C@@H](C)CCCC(=O)CCC/C=C/4)cc1OCC(N)=O. The number of carbonyl (C=O) groups is 4. The van der Waals surface area contributed by atoms with Crippen LogP contribution < -0.4 is 19.9 Å². The van der Waals surface area contributed by atoms with Gasteiger partial charge in [0.05, 0.1) is 19.6 Å². The molecule has 2 aromatic rings. The van der Waals surface area contributed by atoms with Crippen molar-refractivity contribution in [1.82, 2.24) is 0 Å². The second-order valence-electron chi connectivity index (χ2n) is 9.94. The minimum absolute atomic E-state index is 0.0309. The Kier molecular flexibility index (Phi) is 9.08. The van der Waals surface area contributed by atoms with Crippen LogP contribution >= 0.6 is 0 Å². The molecule has 2 heterocycles. The molecule has 2 aliphatic heterocycles. The topological polar surface area (TPSA) is 151 Å². The van der Waals surface area contributed by atoms with E-state index in [9.17, 15) is 24.3 Å². The number of ether oxygens (including phenoxy) is 4. The molecule has 0 aromatic heterocycles. The number of cyclic esters (lactones) is 1. The largest absolute Gasteiger partial charge is 0.507 e. The highest BCUT2D eigenvalue weighted by Gasteiger charge is 2.36. The van der Waals surface area contributed by atoms with Crippen LogP contribution in [0.2, 0.25) is 0 Å². The molecular formula is C30H33NO9. The summed E-state index contributed by atoms with van der Waals surface area (Å²) in [6.45, 7) is 1.36. The fourth-order valence-electron chi connectivity index (χ4n) is 4.98. The smallest absolute Gasteiger partial charge is 0.342 e. The van der Waals surface area contributed by atoms with Gasteiger partial charge in [-0.3, -0.25) is 14.4 Å². The van der Waals surface area contributed by atoms with E-state index in [1.54, 1.807) is 37.3 Å². The third kappa shape index (κ3) is 6.62. The number of aromatic hydroxyl groups is 1. The van der Waals surface area contributed by atoms with Gasteiger partial charge in [-0.15, -0.1) is 0 Å². The number of hydrogen-bond acceptors (Lipinski definition) is 9. The molecule has 2 aromatic carbocycles. The first-order valence-corrected chi connectivity index (χ1v) is 13.3. The standard InChI is InChI=1S/C30H33NO9/c1-17-7-6-10-20(32)9-5-3-4-8-19-14-24-28(29(35)27(19)30(36)39-17)21(15-26(34)40-24)18-11-12-22(37-2)23(13-18)38-16-25(31)33/h4,8,11-14,17,21,35H,3,5-7,9-10,15-16H2,1-2H3,(H2,31,33)/b8-4+/t17-,21?/m0/s1. The Morgan fingerprint density at radius 1 is 1.12 bits per heavy atom. The van der Waals surface area contributed by atoms with Crippen molar-refractivity contribution in [2.45, 2.75) is 63.9 Å². The van der Waals surface area contributed by atoms with E-state index in [0.29, 0.717) is 55.4 Å². The van der Waals surface area contributed by atoms with Crippen molar-refractivity contribution in [3.63, 3.8) is 0 Å². The van der Waals surface area contributed by atoms with Gasteiger partial charge in [0.25, 0.3) is 5.91 Å². The van der Waals surface area contributed by atoms with E-state index in [2.05, 4.69) is 0 Å². The van der Waals surface area contributed by atoms with Crippen molar-refractivity contribution in [3.05, 3.63) is 52.6 Å². The first-order valence-electron chi connectivity index (χ1n) is 13.3. The fourth-order valence-corrected chi connectivity index (χ4v) is 4.98. The van der Waals surface area contributed by atoms with Gasteiger partial charge in [0.15, 0.2) is 18.1 Å². The summed E-state index contributed by atoms with van der Waals surface area (Å²) in [6, 6.07) is 6.46. The lowest BCUT2D eigenvalue weighted by Gasteiger charge is -2.28. The molecule has 0 radical (unpaired) electrons. The number of rotatable bonds is 5. The predicted molar refractivity (Wildman–Crippen MR) is 145 cm³/mol. The summed E-state index contributed by atoms with van der Waals surface area (Å²) in [4.78, 5) is 49.4. The number of amides is 1. The Morgan fingerprint density at radius 2 is 1.90 bits per heavy atom. The van der Waals surface area contributed by atoms with Gasteiger partial charge in [-0.25, -0.2) is 4.79 Å². The van der Waals surface area contributed by atoms with Crippen LogP contribution in [-0.2, 0) is 19.1 Å². The first-order chi connectivity index (χ1) is 19.2. The van der Waals surface area contributed by atoms with Crippen LogP contribution in [0.15, 0.2) is 30.3 Å². The monoisotopic (exact) mass is 551 g/mol. The van der Waals surface area contributed by atoms with Crippen molar-refractivity contribution in [2.24, 2.45) is 5.73 Å². The number of hydrogen-bond donors (Lipinski definition) is 2. The van der Waals surface area contributed by atoms with Crippen LogP contribution in [0.4, 0.5) is 0 Å². The molecule has 10 heteroatoms. The summed E-state index contributed by atoms with van der Waals surface area (Å²) in [6.07, 6.45) is 6.15. The lowest BCUT2D eigenvalue weighted by Crippen LogP contribution is -2.23. The van der Waals surface area contributed by atoms with E-state index in [1.165, 1.54) is 7.11 Å². The number of primary amides is 1. The Balaban J connectivity index is 1.80. The molecule has 1 unspecified atom stereocenters. The molecule has 0 bridgehead atoms. The van der Waals surface area contributed by atoms with E-state index in [-0.39, 0.29) is 47.2 Å². The van der Waals surface area contributed by atoms with Gasteiger partial charge in [-0.1, -0.05) is 18.2 Å². The van der Waals surface area contributed by atoms with Crippen molar-refractivity contribution >= 4 is 29.7 Å². The highest BCUT2D eigenvalue weighted by molar-refractivity contribution is 5.98. The third-order valence-corrected chi connectivity index (χ3v) is 6.94. The number of ketones is 1. The highest BCUT2D eigenvalue weighted by atomic mass is 16.5. The molecule has 0 saturated carbocycles. The highest BCUT2D eigenvalue weighted by Crippen LogP contribution is 2.48. The number of phenols is 1. The zero-order valence-corrected chi connectivity index (χ0v) is 22.6. The van der Waals surface area contributed by atoms with E-state index >= 15 is 0 Å². The van der Waals surface area contributed by atoms with Gasteiger partial charge in [-0.05, 0) is 61.9 Å². The summed E-state index contributed by atoms with van der Waals surface area (Å²) in [5, 5.41) is 11.6. The normalized spacial score (nSPS) is 20.7. The number of fused-ring (bicyclic) bond motifs is 2. The molecule has 3 N–H and O–H groups in total. The summed E-state index contributed by atoms with van der Waals surface area (Å²) in [7, 11) is 1.44. The number of carbonyl (C=O) groups excluding carboxylic acids is 4. The number of methoxy groups -OCH3 is 1. The maximum Gasteiger partial charge on any atom is 0.342 e. The van der Waals surface area contributed by atoms with Gasteiger partial charge in [0.1, 0.15) is 22.8 Å². The summed E-state index contributed by atoms with van der Waals surface area (Å²) in [5.41, 5.74) is 6.36. The van der Waals surface area contributed by atoms with Crippen LogP contribution in [-0.4, -0.2) is 48.6 Å². The molecule has 0 saturated heterocycles. The van der Waals surface area contributed by atoms with Crippen molar-refractivity contribution in [3.8, 4) is 23.0 Å². The van der Waals surface area contributed by atoms with Crippen molar-refractivity contribution in [1.29, 1.82) is 0 Å². The first kappa shape index (κ1) is 28.7. The van der Waals surface area contributed by atoms with Crippen molar-refractivity contribution < 1.29 is 43.2 Å². The molecule has 0 spiro atoms. The molecule has 2 aliphatic rings. The molecule has 40 heavy (non-hydrogen) atoms. The zero-order valence-electron chi connectivity index (χ0n) is 22.6. The number of phenolic OH excluding ortho intramolecular Hbond substituents is 1. The van der Waals surface area contributed by atoms with Gasteiger partial charge in [0, 0.05) is 24.3 Å². The minimum Gasteiger partial charge on any atom is -0.507 e. The van der Waals surface area contributed by atoms with Crippen LogP contribution in [0.25, 0.3) is 6.08 Å². The molecule has 1 amide bonds. The Morgan fingerprint density at radius 3 is 2.65 bits per heavy atom. The molecule has 4 rings (SSSR count). The van der Waals surface area contributed by atoms with Crippen LogP contribution in [0.1, 0.15) is 84.8 Å². The minimum atomic E-state index is -0.716. The maximum atomic E-state index is 13.4. The van der Waals surface area contributed by atoms with Crippen LogP contribution in [0, 0.1) is 0 Å². The lowest BCUT2D eigenvalue weighted by atomic mass is 9.83. The average molecular weight is 552 g/mol. The maximum absolute atomic E-state index is 13.4.